The van der Waals surface area contributed by atoms with E-state index in [0.29, 0.717) is 11.8 Å². The van der Waals surface area contributed by atoms with Crippen LogP contribution in [0.4, 0.5) is 13.2 Å². The Kier molecular flexibility index (Phi) is 2.27. The van der Waals surface area contributed by atoms with Gasteiger partial charge in [-0.3, -0.25) is 4.39 Å². The maximum absolute atomic E-state index is 12.3. The van der Waals surface area contributed by atoms with E-state index in [1.165, 1.54) is 0 Å². The molecule has 0 saturated carbocycles. The van der Waals surface area contributed by atoms with Crippen molar-refractivity contribution in [2.45, 2.75) is 17.4 Å². The minimum absolute atomic E-state index is 0.0301. The quantitative estimate of drug-likeness (QED) is 0.561. The second-order valence-electron chi connectivity index (χ2n) is 2.05. The van der Waals surface area contributed by atoms with E-state index in [2.05, 4.69) is 0 Å². The van der Waals surface area contributed by atoms with Crippen molar-refractivity contribution in [2.75, 3.05) is 6.67 Å². The van der Waals surface area contributed by atoms with E-state index < -0.39 is 23.6 Å². The molecule has 0 nitrogen and oxygen atoms in total. The van der Waals surface area contributed by atoms with Crippen LogP contribution >= 0.6 is 11.8 Å². The lowest BCUT2D eigenvalue weighted by atomic mass is 10.1. The smallest absolute Gasteiger partial charge is 0.154 e. The molecule has 0 aliphatic carbocycles. The Hall–Kier alpha value is 0.140. The summed E-state index contributed by atoms with van der Waals surface area (Å²) in [6.07, 6.45) is 0.0301. The zero-order valence-electron chi connectivity index (χ0n) is 4.69. The first kappa shape index (κ1) is 7.25. The van der Waals surface area contributed by atoms with Crippen LogP contribution in [-0.4, -0.2) is 17.7 Å². The summed E-state index contributed by atoms with van der Waals surface area (Å²) in [5.41, 5.74) is -2.52. The maximum atomic E-state index is 12.3. The molecule has 3 atom stereocenters. The summed E-state index contributed by atoms with van der Waals surface area (Å²) in [4.78, 5) is 0. The lowest BCUT2D eigenvalue weighted by molar-refractivity contribution is 0.249. The van der Waals surface area contributed by atoms with Crippen molar-refractivity contribution in [2.24, 2.45) is 5.92 Å². The second-order valence-corrected chi connectivity index (χ2v) is 3.28. The van der Waals surface area contributed by atoms with Gasteiger partial charge in [0.15, 0.2) is 5.50 Å². The molecule has 0 amide bonds. The van der Waals surface area contributed by atoms with Crippen molar-refractivity contribution in [3.63, 3.8) is 0 Å². The predicted octanol–water partition coefficient (Wildman–Crippen LogP) is 2.30. The third kappa shape index (κ3) is 1.53. The van der Waals surface area contributed by atoms with Crippen LogP contribution in [0.25, 0.3) is 0 Å². The van der Waals surface area contributed by atoms with Gasteiger partial charge in [0, 0.05) is 5.92 Å². The highest BCUT2D eigenvalue weighted by Gasteiger charge is 2.34. The Balaban J connectivity index is 2.38. The first-order chi connectivity index (χ1) is 4.24. The summed E-state index contributed by atoms with van der Waals surface area (Å²) in [5, 5.41) is 0. The number of alkyl halides is 3. The Labute approximate surface area is 55.8 Å². The van der Waals surface area contributed by atoms with Gasteiger partial charge in [-0.15, -0.1) is 0 Å². The molecule has 0 aromatic carbocycles. The Bertz CT molecular complexity index is 98.2. The SMILES string of the molecule is FCC1CC(F)SC1F. The van der Waals surface area contributed by atoms with Gasteiger partial charge in [0.2, 0.25) is 0 Å². The zero-order valence-corrected chi connectivity index (χ0v) is 5.50. The standard InChI is InChI=1S/C5H7F3S/c6-2-3-1-4(7)9-5(3)8/h3-5H,1-2H2. The van der Waals surface area contributed by atoms with Crippen molar-refractivity contribution in [3.8, 4) is 0 Å². The molecule has 0 N–H and O–H groups in total. The summed E-state index contributed by atoms with van der Waals surface area (Å²) in [6.45, 7) is -0.741. The zero-order chi connectivity index (χ0) is 6.85. The summed E-state index contributed by atoms with van der Waals surface area (Å²) in [6, 6.07) is 0. The molecule has 1 fully saturated rings. The second kappa shape index (κ2) is 2.82. The third-order valence-corrected chi connectivity index (χ3v) is 2.47. The van der Waals surface area contributed by atoms with Crippen molar-refractivity contribution >= 4 is 11.8 Å². The summed E-state index contributed by atoms with van der Waals surface area (Å²) < 4.78 is 36.2. The highest BCUT2D eigenvalue weighted by molar-refractivity contribution is 8.00. The van der Waals surface area contributed by atoms with Gasteiger partial charge in [0.1, 0.15) is 5.50 Å². The molecule has 0 aromatic rings. The molecule has 1 aliphatic rings. The highest BCUT2D eigenvalue weighted by atomic mass is 32.2. The minimum atomic E-state index is -1.33. The van der Waals surface area contributed by atoms with Gasteiger partial charge < -0.3 is 0 Å². The van der Waals surface area contributed by atoms with Crippen molar-refractivity contribution in [1.29, 1.82) is 0 Å². The summed E-state index contributed by atoms with van der Waals surface area (Å²) >= 11 is 0.580. The molecule has 0 spiro atoms. The third-order valence-electron chi connectivity index (χ3n) is 1.33. The van der Waals surface area contributed by atoms with Crippen LogP contribution in [0.15, 0.2) is 0 Å². The van der Waals surface area contributed by atoms with E-state index in [0.717, 1.165) is 0 Å². The molecular formula is C5H7F3S. The van der Waals surface area contributed by atoms with Gasteiger partial charge in [-0.2, -0.15) is 0 Å². The number of halogens is 3. The monoisotopic (exact) mass is 156 g/mol. The van der Waals surface area contributed by atoms with E-state index in [9.17, 15) is 13.2 Å². The van der Waals surface area contributed by atoms with E-state index in [4.69, 9.17) is 0 Å². The van der Waals surface area contributed by atoms with E-state index in [-0.39, 0.29) is 6.42 Å². The topological polar surface area (TPSA) is 0 Å². The average Bonchev–Trinajstić information content (AvgIpc) is 2.10. The van der Waals surface area contributed by atoms with Gasteiger partial charge >= 0.3 is 0 Å². The van der Waals surface area contributed by atoms with Gasteiger partial charge in [0.05, 0.1) is 6.67 Å². The van der Waals surface area contributed by atoms with Crippen molar-refractivity contribution < 1.29 is 13.2 Å². The average molecular weight is 156 g/mol. The summed E-state index contributed by atoms with van der Waals surface area (Å²) in [5.74, 6) is -0.704. The van der Waals surface area contributed by atoms with Gasteiger partial charge in [0.25, 0.3) is 0 Å². The first-order valence-electron chi connectivity index (χ1n) is 2.73. The Morgan fingerprint density at radius 3 is 2.33 bits per heavy atom. The molecule has 54 valence electrons. The van der Waals surface area contributed by atoms with Crippen LogP contribution < -0.4 is 0 Å². The van der Waals surface area contributed by atoms with Crippen LogP contribution in [0.1, 0.15) is 6.42 Å². The van der Waals surface area contributed by atoms with Crippen molar-refractivity contribution in [3.05, 3.63) is 0 Å². The molecule has 0 aromatic heterocycles. The van der Waals surface area contributed by atoms with Gasteiger partial charge in [-0.1, -0.05) is 11.8 Å². The molecule has 4 heteroatoms. The maximum Gasteiger partial charge on any atom is 0.154 e. The number of hydrogen-bond acceptors (Lipinski definition) is 1. The fourth-order valence-corrected chi connectivity index (χ4v) is 1.83. The first-order valence-corrected chi connectivity index (χ1v) is 3.68. The highest BCUT2D eigenvalue weighted by Crippen LogP contribution is 2.39. The van der Waals surface area contributed by atoms with Crippen LogP contribution in [0.5, 0.6) is 0 Å². The predicted molar refractivity (Wildman–Crippen MR) is 31.5 cm³/mol. The normalized spacial score (nSPS) is 43.7. The molecule has 3 unspecified atom stereocenters. The minimum Gasteiger partial charge on any atom is -0.251 e. The molecule has 9 heavy (non-hydrogen) atoms. The van der Waals surface area contributed by atoms with Crippen LogP contribution in [-0.2, 0) is 0 Å². The molecule has 1 heterocycles. The molecule has 1 saturated heterocycles. The Morgan fingerprint density at radius 1 is 1.44 bits per heavy atom. The molecular weight excluding hydrogens is 149 g/mol. The number of thioether (sulfide) groups is 1. The molecule has 0 radical (unpaired) electrons. The van der Waals surface area contributed by atoms with E-state index >= 15 is 0 Å². The van der Waals surface area contributed by atoms with Crippen molar-refractivity contribution in [1.82, 2.24) is 0 Å². The largest absolute Gasteiger partial charge is 0.251 e. The number of hydrogen-bond donors (Lipinski definition) is 0. The number of rotatable bonds is 1. The lowest BCUT2D eigenvalue weighted by Gasteiger charge is -2.02. The van der Waals surface area contributed by atoms with Gasteiger partial charge in [-0.05, 0) is 6.42 Å². The molecule has 0 bridgehead atoms. The van der Waals surface area contributed by atoms with E-state index in [1.54, 1.807) is 0 Å². The molecule has 1 aliphatic heterocycles. The van der Waals surface area contributed by atoms with E-state index in [1.807, 2.05) is 0 Å². The van der Waals surface area contributed by atoms with Crippen LogP contribution in [0.2, 0.25) is 0 Å². The fraction of sp³-hybridized carbons (Fsp3) is 1.00. The van der Waals surface area contributed by atoms with Crippen LogP contribution in [0.3, 0.4) is 0 Å². The summed E-state index contributed by atoms with van der Waals surface area (Å²) in [7, 11) is 0. The Morgan fingerprint density at radius 2 is 2.11 bits per heavy atom. The van der Waals surface area contributed by atoms with Crippen LogP contribution in [0, 0.1) is 5.92 Å². The molecule has 1 rings (SSSR count). The fourth-order valence-electron chi connectivity index (χ4n) is 0.786. The van der Waals surface area contributed by atoms with Gasteiger partial charge in [-0.25, -0.2) is 8.78 Å². The lowest BCUT2D eigenvalue weighted by Crippen LogP contribution is -2.07.